The molecule has 1 unspecified atom stereocenters. The van der Waals surface area contributed by atoms with Crippen LogP contribution < -0.4 is 4.74 Å². The van der Waals surface area contributed by atoms with Gasteiger partial charge in [0.25, 0.3) is 0 Å². The van der Waals surface area contributed by atoms with E-state index in [1.54, 1.807) is 0 Å². The highest BCUT2D eigenvalue weighted by Gasteiger charge is 2.20. The normalized spacial score (nSPS) is 19.5. The summed E-state index contributed by atoms with van der Waals surface area (Å²) in [7, 11) is 0. The van der Waals surface area contributed by atoms with E-state index in [1.165, 1.54) is 57.3 Å². The zero-order valence-electron chi connectivity index (χ0n) is 14.7. The third-order valence-electron chi connectivity index (χ3n) is 4.71. The molecule has 1 saturated heterocycles. The molecule has 0 spiro atoms. The predicted molar refractivity (Wildman–Crippen MR) is 94.7 cm³/mol. The molecule has 1 aliphatic heterocycles. The van der Waals surface area contributed by atoms with E-state index in [2.05, 4.69) is 49.9 Å². The molecule has 1 fully saturated rings. The smallest absolute Gasteiger partial charge is 0.119 e. The van der Waals surface area contributed by atoms with Crippen molar-refractivity contribution in [2.24, 2.45) is 5.92 Å². The van der Waals surface area contributed by atoms with Crippen molar-refractivity contribution in [2.75, 3.05) is 26.2 Å². The predicted octanol–water partition coefficient (Wildman–Crippen LogP) is 5.09. The van der Waals surface area contributed by atoms with Crippen molar-refractivity contribution in [3.63, 3.8) is 0 Å². The summed E-state index contributed by atoms with van der Waals surface area (Å²) in [5.74, 6) is 2.30. The van der Waals surface area contributed by atoms with E-state index < -0.39 is 0 Å². The summed E-state index contributed by atoms with van der Waals surface area (Å²) in [5.41, 5.74) is 1.38. The number of rotatable bonds is 8. The molecule has 0 bridgehead atoms. The second-order valence-corrected chi connectivity index (χ2v) is 7.05. The molecule has 2 heteroatoms. The first kappa shape index (κ1) is 17.3. The Morgan fingerprint density at radius 2 is 1.95 bits per heavy atom. The Bertz CT molecular complexity index is 412. The third-order valence-corrected chi connectivity index (χ3v) is 4.71. The number of benzene rings is 1. The second-order valence-electron chi connectivity index (χ2n) is 7.05. The van der Waals surface area contributed by atoms with Gasteiger partial charge in [0.1, 0.15) is 5.75 Å². The van der Waals surface area contributed by atoms with Crippen LogP contribution in [0.5, 0.6) is 5.75 Å². The molecule has 1 atom stereocenters. The Morgan fingerprint density at radius 1 is 1.18 bits per heavy atom. The molecule has 22 heavy (non-hydrogen) atoms. The van der Waals surface area contributed by atoms with Crippen LogP contribution in [-0.2, 0) is 0 Å². The van der Waals surface area contributed by atoms with Gasteiger partial charge >= 0.3 is 0 Å². The quantitative estimate of drug-likeness (QED) is 0.620. The zero-order chi connectivity index (χ0) is 15.8. The molecule has 0 aliphatic carbocycles. The number of ether oxygens (including phenoxy) is 1. The molecule has 0 aromatic heterocycles. The lowest BCUT2D eigenvalue weighted by Gasteiger charge is -2.32. The van der Waals surface area contributed by atoms with Crippen LogP contribution in [0.15, 0.2) is 24.3 Å². The minimum Gasteiger partial charge on any atom is -0.493 e. The molecule has 1 aliphatic rings. The van der Waals surface area contributed by atoms with E-state index in [-0.39, 0.29) is 0 Å². The SMILES string of the molecule is CCCCCN1CCCC(COc2ccc(C(C)C)cc2)C1. The van der Waals surface area contributed by atoms with Gasteiger partial charge in [-0.25, -0.2) is 0 Å². The minimum absolute atomic E-state index is 0.587. The van der Waals surface area contributed by atoms with Crippen molar-refractivity contribution in [2.45, 2.75) is 58.8 Å². The largest absolute Gasteiger partial charge is 0.493 e. The van der Waals surface area contributed by atoms with Crippen molar-refractivity contribution in [3.8, 4) is 5.75 Å². The van der Waals surface area contributed by atoms with Gasteiger partial charge in [-0.05, 0) is 56.0 Å². The summed E-state index contributed by atoms with van der Waals surface area (Å²) in [6.45, 7) is 11.4. The van der Waals surface area contributed by atoms with E-state index in [1.807, 2.05) is 0 Å². The van der Waals surface area contributed by atoms with Crippen LogP contribution in [-0.4, -0.2) is 31.1 Å². The fraction of sp³-hybridized carbons (Fsp3) is 0.700. The summed E-state index contributed by atoms with van der Waals surface area (Å²) >= 11 is 0. The lowest BCUT2D eigenvalue weighted by Crippen LogP contribution is -2.38. The van der Waals surface area contributed by atoms with Gasteiger partial charge in [-0.2, -0.15) is 0 Å². The molecule has 0 amide bonds. The number of hydrogen-bond acceptors (Lipinski definition) is 2. The van der Waals surface area contributed by atoms with E-state index in [0.29, 0.717) is 11.8 Å². The number of hydrogen-bond donors (Lipinski definition) is 0. The molecule has 0 saturated carbocycles. The molecule has 1 aromatic carbocycles. The van der Waals surface area contributed by atoms with Crippen LogP contribution in [0.2, 0.25) is 0 Å². The highest BCUT2D eigenvalue weighted by atomic mass is 16.5. The molecular formula is C20H33NO. The first-order valence-electron chi connectivity index (χ1n) is 9.14. The van der Waals surface area contributed by atoms with Crippen LogP contribution in [0.25, 0.3) is 0 Å². The fourth-order valence-electron chi connectivity index (χ4n) is 3.24. The second kappa shape index (κ2) is 9.19. The maximum atomic E-state index is 6.03. The average Bonchev–Trinajstić information content (AvgIpc) is 2.54. The molecule has 0 N–H and O–H groups in total. The molecule has 1 aromatic rings. The number of unbranched alkanes of at least 4 members (excludes halogenated alkanes) is 2. The molecular weight excluding hydrogens is 270 g/mol. The Morgan fingerprint density at radius 3 is 2.64 bits per heavy atom. The van der Waals surface area contributed by atoms with E-state index in [0.717, 1.165) is 12.4 Å². The van der Waals surface area contributed by atoms with Crippen LogP contribution in [0.3, 0.4) is 0 Å². The van der Waals surface area contributed by atoms with Gasteiger partial charge < -0.3 is 9.64 Å². The summed E-state index contributed by atoms with van der Waals surface area (Å²) in [5, 5.41) is 0. The Balaban J connectivity index is 1.73. The van der Waals surface area contributed by atoms with Crippen molar-refractivity contribution < 1.29 is 4.74 Å². The monoisotopic (exact) mass is 303 g/mol. The van der Waals surface area contributed by atoms with E-state index >= 15 is 0 Å². The number of likely N-dealkylation sites (tertiary alicyclic amines) is 1. The van der Waals surface area contributed by atoms with Gasteiger partial charge in [0.05, 0.1) is 6.61 Å². The molecule has 1 heterocycles. The van der Waals surface area contributed by atoms with Crippen LogP contribution in [0.4, 0.5) is 0 Å². The molecule has 0 radical (unpaired) electrons. The highest BCUT2D eigenvalue weighted by molar-refractivity contribution is 5.28. The van der Waals surface area contributed by atoms with Crippen molar-refractivity contribution in [1.29, 1.82) is 0 Å². The Labute approximate surface area is 136 Å². The zero-order valence-corrected chi connectivity index (χ0v) is 14.7. The number of piperidine rings is 1. The maximum Gasteiger partial charge on any atom is 0.119 e. The minimum atomic E-state index is 0.587. The Kier molecular flexibility index (Phi) is 7.24. The van der Waals surface area contributed by atoms with Crippen LogP contribution >= 0.6 is 0 Å². The summed E-state index contributed by atoms with van der Waals surface area (Å²) < 4.78 is 6.03. The van der Waals surface area contributed by atoms with Gasteiger partial charge in [0.15, 0.2) is 0 Å². The van der Waals surface area contributed by atoms with Crippen molar-refractivity contribution in [1.82, 2.24) is 4.90 Å². The average molecular weight is 303 g/mol. The van der Waals surface area contributed by atoms with Crippen LogP contribution in [0.1, 0.15) is 64.4 Å². The Hall–Kier alpha value is -1.02. The fourth-order valence-corrected chi connectivity index (χ4v) is 3.24. The number of nitrogens with zero attached hydrogens (tertiary/aromatic N) is 1. The van der Waals surface area contributed by atoms with Crippen molar-refractivity contribution >= 4 is 0 Å². The van der Waals surface area contributed by atoms with Gasteiger partial charge in [0, 0.05) is 12.5 Å². The molecule has 124 valence electrons. The van der Waals surface area contributed by atoms with Gasteiger partial charge in [0.2, 0.25) is 0 Å². The lowest BCUT2D eigenvalue weighted by atomic mass is 9.98. The standard InChI is InChI=1S/C20H33NO/c1-4-5-6-13-21-14-7-8-18(15-21)16-22-20-11-9-19(10-12-20)17(2)3/h9-12,17-18H,4-8,13-16H2,1-3H3. The lowest BCUT2D eigenvalue weighted by molar-refractivity contribution is 0.128. The summed E-state index contributed by atoms with van der Waals surface area (Å²) in [6.07, 6.45) is 6.66. The third kappa shape index (κ3) is 5.64. The summed E-state index contributed by atoms with van der Waals surface area (Å²) in [4.78, 5) is 2.63. The van der Waals surface area contributed by atoms with E-state index in [4.69, 9.17) is 4.74 Å². The van der Waals surface area contributed by atoms with Gasteiger partial charge in [-0.15, -0.1) is 0 Å². The maximum absolute atomic E-state index is 6.03. The first-order chi connectivity index (χ1) is 10.7. The van der Waals surface area contributed by atoms with Crippen LogP contribution in [0, 0.1) is 5.92 Å². The van der Waals surface area contributed by atoms with E-state index in [9.17, 15) is 0 Å². The molecule has 2 nitrogen and oxygen atoms in total. The van der Waals surface area contributed by atoms with Crippen molar-refractivity contribution in [3.05, 3.63) is 29.8 Å². The molecule has 2 rings (SSSR count). The summed E-state index contributed by atoms with van der Waals surface area (Å²) in [6, 6.07) is 8.63. The highest BCUT2D eigenvalue weighted by Crippen LogP contribution is 2.21. The van der Waals surface area contributed by atoms with Gasteiger partial charge in [-0.3, -0.25) is 0 Å². The van der Waals surface area contributed by atoms with Gasteiger partial charge in [-0.1, -0.05) is 45.7 Å². The topological polar surface area (TPSA) is 12.5 Å². The first-order valence-corrected chi connectivity index (χ1v) is 9.14.